The van der Waals surface area contributed by atoms with Crippen LogP contribution in [-0.4, -0.2) is 31.5 Å². The predicted octanol–water partition coefficient (Wildman–Crippen LogP) is 1.14. The molecule has 0 saturated heterocycles. The first kappa shape index (κ1) is 21.1. The van der Waals surface area contributed by atoms with Crippen LogP contribution < -0.4 is 21.8 Å². The van der Waals surface area contributed by atoms with Crippen LogP contribution >= 0.6 is 0 Å². The second-order valence-corrected chi connectivity index (χ2v) is 6.70. The van der Waals surface area contributed by atoms with Crippen LogP contribution in [0.4, 0.5) is 0 Å². The fourth-order valence-corrected chi connectivity index (χ4v) is 3.18. The Bertz CT molecular complexity index is 1200. The maximum absolute atomic E-state index is 12.6. The SMILES string of the molecule is C=CCn1c(=O)n(CC=C)c(=O)n(CC(O)COc2cccc3ccccc23)c1=O. The third kappa shape index (κ3) is 4.18. The van der Waals surface area contributed by atoms with Crippen molar-refractivity contribution in [2.24, 2.45) is 0 Å². The van der Waals surface area contributed by atoms with Crippen LogP contribution in [0.5, 0.6) is 5.75 Å². The Labute approximate surface area is 172 Å². The van der Waals surface area contributed by atoms with Gasteiger partial charge in [-0.3, -0.25) is 0 Å². The van der Waals surface area contributed by atoms with Crippen LogP contribution in [0.2, 0.25) is 0 Å². The summed E-state index contributed by atoms with van der Waals surface area (Å²) in [5, 5.41) is 12.3. The largest absolute Gasteiger partial charge is 0.490 e. The molecule has 8 heteroatoms. The van der Waals surface area contributed by atoms with Crippen molar-refractivity contribution in [3.05, 3.63) is 99.2 Å². The number of benzene rings is 2. The summed E-state index contributed by atoms with van der Waals surface area (Å²) in [6, 6.07) is 13.2. The second kappa shape index (κ2) is 9.23. The Balaban J connectivity index is 1.87. The van der Waals surface area contributed by atoms with E-state index >= 15 is 0 Å². The first-order valence-electron chi connectivity index (χ1n) is 9.42. The quantitative estimate of drug-likeness (QED) is 0.535. The fourth-order valence-electron chi connectivity index (χ4n) is 3.18. The molecule has 1 unspecified atom stereocenters. The molecule has 0 bridgehead atoms. The summed E-state index contributed by atoms with van der Waals surface area (Å²) in [5.74, 6) is 0.584. The maximum Gasteiger partial charge on any atom is 0.336 e. The zero-order chi connectivity index (χ0) is 21.7. The minimum Gasteiger partial charge on any atom is -0.490 e. The van der Waals surface area contributed by atoms with Crippen molar-refractivity contribution >= 4 is 10.8 Å². The molecule has 0 radical (unpaired) electrons. The molecular formula is C22H23N3O5. The van der Waals surface area contributed by atoms with Crippen LogP contribution in [0.3, 0.4) is 0 Å². The summed E-state index contributed by atoms with van der Waals surface area (Å²) in [5.41, 5.74) is -2.37. The van der Waals surface area contributed by atoms with Gasteiger partial charge in [0.15, 0.2) is 0 Å². The van der Waals surface area contributed by atoms with Gasteiger partial charge in [-0.1, -0.05) is 48.6 Å². The number of nitrogens with zero attached hydrogens (tertiary/aromatic N) is 3. The number of hydrogen-bond donors (Lipinski definition) is 1. The van der Waals surface area contributed by atoms with Crippen molar-refractivity contribution in [3.8, 4) is 5.75 Å². The minimum atomic E-state index is -1.15. The minimum absolute atomic E-state index is 0.0578. The zero-order valence-corrected chi connectivity index (χ0v) is 16.4. The Morgan fingerprint density at radius 3 is 2.07 bits per heavy atom. The highest BCUT2D eigenvalue weighted by Gasteiger charge is 2.17. The van der Waals surface area contributed by atoms with E-state index in [9.17, 15) is 19.5 Å². The molecule has 8 nitrogen and oxygen atoms in total. The van der Waals surface area contributed by atoms with E-state index < -0.39 is 23.2 Å². The lowest BCUT2D eigenvalue weighted by Gasteiger charge is -2.16. The highest BCUT2D eigenvalue weighted by atomic mass is 16.5. The molecule has 0 spiro atoms. The molecule has 0 aliphatic rings. The summed E-state index contributed by atoms with van der Waals surface area (Å²) in [4.78, 5) is 37.7. The standard InChI is InChI=1S/C22H23N3O5/c1-3-12-23-20(27)24(13-4-2)22(29)25(21(23)28)14-17(26)15-30-19-11-7-9-16-8-5-6-10-18(16)19/h3-11,17,26H,1-2,12-15H2. The van der Waals surface area contributed by atoms with E-state index in [2.05, 4.69) is 13.2 Å². The van der Waals surface area contributed by atoms with Crippen LogP contribution in [-0.2, 0) is 19.6 Å². The molecule has 1 aromatic heterocycles. The molecule has 0 fully saturated rings. The lowest BCUT2D eigenvalue weighted by Crippen LogP contribution is -2.55. The van der Waals surface area contributed by atoms with Gasteiger partial charge in [0, 0.05) is 5.39 Å². The lowest BCUT2D eigenvalue weighted by molar-refractivity contribution is 0.0895. The molecule has 0 amide bonds. The summed E-state index contributed by atoms with van der Waals surface area (Å²) < 4.78 is 8.33. The van der Waals surface area contributed by atoms with Gasteiger partial charge in [-0.2, -0.15) is 0 Å². The molecule has 1 N–H and O–H groups in total. The number of aliphatic hydroxyl groups excluding tert-OH is 1. The average molecular weight is 409 g/mol. The van der Waals surface area contributed by atoms with Crippen LogP contribution in [0.25, 0.3) is 10.8 Å². The number of allylic oxidation sites excluding steroid dienone is 2. The number of ether oxygens (including phenoxy) is 1. The Morgan fingerprint density at radius 2 is 1.43 bits per heavy atom. The summed E-state index contributed by atoms with van der Waals surface area (Å²) in [6.45, 7) is 6.48. The molecule has 1 heterocycles. The lowest BCUT2D eigenvalue weighted by atomic mass is 10.1. The number of aliphatic hydroxyl groups is 1. The third-order valence-electron chi connectivity index (χ3n) is 4.58. The molecule has 156 valence electrons. The van der Waals surface area contributed by atoms with E-state index in [0.717, 1.165) is 24.5 Å². The topological polar surface area (TPSA) is 95.5 Å². The van der Waals surface area contributed by atoms with Gasteiger partial charge in [-0.15, -0.1) is 13.2 Å². The highest BCUT2D eigenvalue weighted by Crippen LogP contribution is 2.25. The Morgan fingerprint density at radius 1 is 0.867 bits per heavy atom. The first-order valence-corrected chi connectivity index (χ1v) is 9.42. The molecule has 30 heavy (non-hydrogen) atoms. The molecule has 0 aliphatic carbocycles. The van der Waals surface area contributed by atoms with E-state index in [1.54, 1.807) is 6.07 Å². The monoisotopic (exact) mass is 409 g/mol. The van der Waals surface area contributed by atoms with E-state index in [0.29, 0.717) is 5.75 Å². The molecule has 0 saturated carbocycles. The smallest absolute Gasteiger partial charge is 0.336 e. The fraction of sp³-hybridized carbons (Fsp3) is 0.227. The van der Waals surface area contributed by atoms with Gasteiger partial charge in [0.1, 0.15) is 18.5 Å². The van der Waals surface area contributed by atoms with Gasteiger partial charge < -0.3 is 9.84 Å². The van der Waals surface area contributed by atoms with E-state index in [1.807, 2.05) is 36.4 Å². The molecule has 0 aliphatic heterocycles. The number of rotatable bonds is 9. The van der Waals surface area contributed by atoms with Crippen LogP contribution in [0.15, 0.2) is 82.2 Å². The van der Waals surface area contributed by atoms with Gasteiger partial charge in [-0.25, -0.2) is 28.1 Å². The number of hydrogen-bond acceptors (Lipinski definition) is 5. The summed E-state index contributed by atoms with van der Waals surface area (Å²) in [7, 11) is 0. The summed E-state index contributed by atoms with van der Waals surface area (Å²) in [6.07, 6.45) is 1.62. The molecule has 1 atom stereocenters. The predicted molar refractivity (Wildman–Crippen MR) is 115 cm³/mol. The number of fused-ring (bicyclic) bond motifs is 1. The van der Waals surface area contributed by atoms with Crippen molar-refractivity contribution in [2.45, 2.75) is 25.7 Å². The van der Waals surface area contributed by atoms with Gasteiger partial charge in [0.25, 0.3) is 0 Å². The maximum atomic E-state index is 12.6. The third-order valence-corrected chi connectivity index (χ3v) is 4.58. The van der Waals surface area contributed by atoms with Gasteiger partial charge in [0.05, 0.1) is 19.6 Å². The molecular weight excluding hydrogens is 386 g/mol. The number of aromatic nitrogens is 3. The van der Waals surface area contributed by atoms with Crippen molar-refractivity contribution in [2.75, 3.05) is 6.61 Å². The molecule has 3 rings (SSSR count). The molecule has 3 aromatic rings. The first-order chi connectivity index (χ1) is 14.5. The van der Waals surface area contributed by atoms with E-state index in [-0.39, 0.29) is 26.2 Å². The second-order valence-electron chi connectivity index (χ2n) is 6.70. The van der Waals surface area contributed by atoms with E-state index in [4.69, 9.17) is 4.74 Å². The van der Waals surface area contributed by atoms with Gasteiger partial charge >= 0.3 is 17.1 Å². The van der Waals surface area contributed by atoms with Crippen LogP contribution in [0.1, 0.15) is 0 Å². The Kier molecular flexibility index (Phi) is 6.48. The zero-order valence-electron chi connectivity index (χ0n) is 16.4. The normalized spacial score (nSPS) is 11.9. The average Bonchev–Trinajstić information content (AvgIpc) is 2.75. The van der Waals surface area contributed by atoms with Crippen molar-refractivity contribution < 1.29 is 9.84 Å². The van der Waals surface area contributed by atoms with Crippen molar-refractivity contribution in [3.63, 3.8) is 0 Å². The van der Waals surface area contributed by atoms with Crippen LogP contribution in [0, 0.1) is 0 Å². The Hall–Kier alpha value is -3.65. The van der Waals surface area contributed by atoms with Gasteiger partial charge in [0.2, 0.25) is 0 Å². The summed E-state index contributed by atoms with van der Waals surface area (Å²) >= 11 is 0. The highest BCUT2D eigenvalue weighted by molar-refractivity contribution is 5.88. The van der Waals surface area contributed by atoms with E-state index in [1.165, 1.54) is 12.2 Å². The molecule has 2 aromatic carbocycles. The van der Waals surface area contributed by atoms with Crippen molar-refractivity contribution in [1.29, 1.82) is 0 Å². The van der Waals surface area contributed by atoms with Crippen molar-refractivity contribution in [1.82, 2.24) is 13.7 Å². The van der Waals surface area contributed by atoms with Gasteiger partial charge in [-0.05, 0) is 11.5 Å².